The zero-order valence-electron chi connectivity index (χ0n) is 7.03. The molecule has 0 saturated heterocycles. The van der Waals surface area contributed by atoms with E-state index in [-0.39, 0.29) is 5.92 Å². The van der Waals surface area contributed by atoms with Crippen LogP contribution >= 0.6 is 0 Å². The summed E-state index contributed by atoms with van der Waals surface area (Å²) in [4.78, 5) is 20.6. The summed E-state index contributed by atoms with van der Waals surface area (Å²) < 4.78 is 4.72. The Morgan fingerprint density at radius 2 is 2.00 bits per heavy atom. The summed E-state index contributed by atoms with van der Waals surface area (Å²) in [6.07, 6.45) is 0. The van der Waals surface area contributed by atoms with Gasteiger partial charge in [-0.15, -0.1) is 4.91 Å². The molecule has 0 bridgehead atoms. The number of ether oxygens (including phenoxy) is 1. The predicted octanol–water partition coefficient (Wildman–Crippen LogP) is 1.34. The zero-order chi connectivity index (χ0) is 8.85. The lowest BCUT2D eigenvalue weighted by Gasteiger charge is -2.07. The summed E-state index contributed by atoms with van der Waals surface area (Å²) in [5.74, 6) is -0.258. The summed E-state index contributed by atoms with van der Waals surface area (Å²) in [6.45, 7) is 5.60. The number of esters is 1. The van der Waals surface area contributed by atoms with Gasteiger partial charge in [-0.3, -0.25) is 0 Å². The number of hydrogen-bond donors (Lipinski definition) is 0. The molecule has 1 unspecified atom stereocenters. The molecule has 0 rings (SSSR count). The van der Waals surface area contributed by atoms with Crippen molar-refractivity contribution in [1.29, 1.82) is 0 Å². The van der Waals surface area contributed by atoms with Crippen molar-refractivity contribution < 1.29 is 9.53 Å². The molecule has 64 valence electrons. The highest BCUT2D eigenvalue weighted by molar-refractivity contribution is 5.75. The third kappa shape index (κ3) is 4.47. The molecule has 0 heterocycles. The second-order valence-electron chi connectivity index (χ2n) is 2.81. The number of rotatable bonds is 4. The third-order valence-corrected chi connectivity index (χ3v) is 1.06. The minimum absolute atomic E-state index is 0.290. The lowest BCUT2D eigenvalue weighted by atomic mass is 10.2. The minimum Gasteiger partial charge on any atom is -0.464 e. The Labute approximate surface area is 65.9 Å². The van der Waals surface area contributed by atoms with E-state index in [4.69, 9.17) is 4.74 Å². The van der Waals surface area contributed by atoms with Gasteiger partial charge in [0.2, 0.25) is 0 Å². The first-order valence-electron chi connectivity index (χ1n) is 3.57. The molecular weight excluding hydrogens is 146 g/mol. The van der Waals surface area contributed by atoms with E-state index in [0.29, 0.717) is 6.61 Å². The van der Waals surface area contributed by atoms with E-state index >= 15 is 0 Å². The Balaban J connectivity index is 3.60. The molecule has 0 N–H and O–H groups in total. The molecule has 0 amide bonds. The Hall–Kier alpha value is -0.930. The Morgan fingerprint density at radius 3 is 2.36 bits per heavy atom. The molecule has 4 nitrogen and oxygen atoms in total. The fourth-order valence-corrected chi connectivity index (χ4v) is 0.412. The van der Waals surface area contributed by atoms with Gasteiger partial charge < -0.3 is 4.74 Å². The van der Waals surface area contributed by atoms with Crippen LogP contribution in [0.1, 0.15) is 20.8 Å². The fourth-order valence-electron chi connectivity index (χ4n) is 0.412. The topological polar surface area (TPSA) is 55.7 Å². The second kappa shape index (κ2) is 4.82. The SMILES string of the molecule is CC(C)COC(=O)C(C)N=O. The Morgan fingerprint density at radius 1 is 1.45 bits per heavy atom. The molecule has 1 atom stereocenters. The minimum atomic E-state index is -0.881. The molecule has 0 fully saturated rings. The Kier molecular flexibility index (Phi) is 4.41. The quantitative estimate of drug-likeness (QED) is 0.459. The number of nitrogens with zero attached hydrogens (tertiary/aromatic N) is 1. The summed E-state index contributed by atoms with van der Waals surface area (Å²) in [5.41, 5.74) is 0. The van der Waals surface area contributed by atoms with E-state index in [1.165, 1.54) is 6.92 Å². The first kappa shape index (κ1) is 10.1. The molecule has 0 saturated carbocycles. The van der Waals surface area contributed by atoms with Crippen LogP contribution in [0.2, 0.25) is 0 Å². The van der Waals surface area contributed by atoms with Gasteiger partial charge in [-0.2, -0.15) is 0 Å². The molecule has 0 aliphatic rings. The predicted molar refractivity (Wildman–Crippen MR) is 41.1 cm³/mol. The van der Waals surface area contributed by atoms with Crippen LogP contribution in [-0.2, 0) is 9.53 Å². The zero-order valence-corrected chi connectivity index (χ0v) is 7.03. The van der Waals surface area contributed by atoms with Gasteiger partial charge in [-0.25, -0.2) is 4.79 Å². The van der Waals surface area contributed by atoms with E-state index in [0.717, 1.165) is 0 Å². The summed E-state index contributed by atoms with van der Waals surface area (Å²) >= 11 is 0. The lowest BCUT2D eigenvalue weighted by molar-refractivity contribution is -0.145. The Bertz CT molecular complexity index is 145. The van der Waals surface area contributed by atoms with Crippen molar-refractivity contribution in [2.75, 3.05) is 6.61 Å². The first-order chi connectivity index (χ1) is 5.07. The van der Waals surface area contributed by atoms with Crippen LogP contribution in [0, 0.1) is 10.8 Å². The maximum Gasteiger partial charge on any atom is 0.334 e. The van der Waals surface area contributed by atoms with E-state index in [1.807, 2.05) is 13.8 Å². The van der Waals surface area contributed by atoms with Crippen LogP contribution in [0.4, 0.5) is 0 Å². The van der Waals surface area contributed by atoms with Crippen LogP contribution in [0.25, 0.3) is 0 Å². The van der Waals surface area contributed by atoms with Gasteiger partial charge in [0.1, 0.15) is 0 Å². The van der Waals surface area contributed by atoms with Crippen molar-refractivity contribution in [2.45, 2.75) is 26.8 Å². The number of carbonyl (C=O) groups excluding carboxylic acids is 1. The third-order valence-electron chi connectivity index (χ3n) is 1.06. The van der Waals surface area contributed by atoms with Crippen LogP contribution in [-0.4, -0.2) is 18.6 Å². The lowest BCUT2D eigenvalue weighted by Crippen LogP contribution is -2.19. The largest absolute Gasteiger partial charge is 0.464 e. The highest BCUT2D eigenvalue weighted by Gasteiger charge is 2.14. The molecule has 11 heavy (non-hydrogen) atoms. The van der Waals surface area contributed by atoms with Crippen LogP contribution in [0.15, 0.2) is 5.18 Å². The average Bonchev–Trinajstić information content (AvgIpc) is 1.98. The van der Waals surface area contributed by atoms with Crippen molar-refractivity contribution in [1.82, 2.24) is 0 Å². The maximum absolute atomic E-state index is 10.8. The van der Waals surface area contributed by atoms with Crippen molar-refractivity contribution in [3.8, 4) is 0 Å². The van der Waals surface area contributed by atoms with Crippen molar-refractivity contribution in [2.24, 2.45) is 11.1 Å². The number of hydrogen-bond acceptors (Lipinski definition) is 4. The second-order valence-corrected chi connectivity index (χ2v) is 2.81. The van der Waals surface area contributed by atoms with Crippen molar-refractivity contribution in [3.63, 3.8) is 0 Å². The highest BCUT2D eigenvalue weighted by Crippen LogP contribution is 1.97. The van der Waals surface area contributed by atoms with E-state index in [2.05, 4.69) is 5.18 Å². The van der Waals surface area contributed by atoms with Gasteiger partial charge in [-0.05, 0) is 12.8 Å². The van der Waals surface area contributed by atoms with Crippen LogP contribution < -0.4 is 0 Å². The summed E-state index contributed by atoms with van der Waals surface area (Å²) in [7, 11) is 0. The fraction of sp³-hybridized carbons (Fsp3) is 0.857. The van der Waals surface area contributed by atoms with E-state index in [9.17, 15) is 9.70 Å². The smallest absolute Gasteiger partial charge is 0.334 e. The molecule has 0 aromatic heterocycles. The highest BCUT2D eigenvalue weighted by atomic mass is 16.5. The van der Waals surface area contributed by atoms with Gasteiger partial charge in [0.15, 0.2) is 6.04 Å². The van der Waals surface area contributed by atoms with Gasteiger partial charge >= 0.3 is 5.97 Å². The van der Waals surface area contributed by atoms with Gasteiger partial charge in [0.25, 0.3) is 0 Å². The first-order valence-corrected chi connectivity index (χ1v) is 3.57. The molecule has 0 aromatic carbocycles. The number of carbonyl (C=O) groups is 1. The average molecular weight is 159 g/mol. The van der Waals surface area contributed by atoms with Crippen molar-refractivity contribution >= 4 is 5.97 Å². The van der Waals surface area contributed by atoms with E-state index < -0.39 is 12.0 Å². The van der Waals surface area contributed by atoms with Crippen molar-refractivity contribution in [3.05, 3.63) is 4.91 Å². The van der Waals surface area contributed by atoms with Crippen LogP contribution in [0.3, 0.4) is 0 Å². The molecule has 4 heteroatoms. The molecule has 0 radical (unpaired) electrons. The molecule has 0 aliphatic heterocycles. The molecule has 0 aromatic rings. The summed E-state index contributed by atoms with van der Waals surface area (Å²) in [6, 6.07) is -0.881. The van der Waals surface area contributed by atoms with Gasteiger partial charge in [-0.1, -0.05) is 19.0 Å². The van der Waals surface area contributed by atoms with Crippen LogP contribution in [0.5, 0.6) is 0 Å². The monoisotopic (exact) mass is 159 g/mol. The summed E-state index contributed by atoms with van der Waals surface area (Å²) in [5, 5.41) is 2.54. The number of nitroso groups, excluding NO2 is 1. The molecule has 0 aliphatic carbocycles. The van der Waals surface area contributed by atoms with Gasteiger partial charge in [0.05, 0.1) is 6.61 Å². The van der Waals surface area contributed by atoms with E-state index in [1.54, 1.807) is 0 Å². The molecule has 0 spiro atoms. The van der Waals surface area contributed by atoms with Gasteiger partial charge in [0, 0.05) is 0 Å². The molecular formula is C7H13NO3. The normalized spacial score (nSPS) is 12.7. The standard InChI is InChI=1S/C7H13NO3/c1-5(2)4-11-7(9)6(3)8-10/h5-6H,4H2,1-3H3. The maximum atomic E-state index is 10.8.